The lowest BCUT2D eigenvalue weighted by molar-refractivity contribution is 0.0707. The molecule has 1 aromatic carbocycles. The quantitative estimate of drug-likeness (QED) is 0.839. The van der Waals surface area contributed by atoms with Crippen LogP contribution in [-0.2, 0) is 13.1 Å². The van der Waals surface area contributed by atoms with Crippen LogP contribution >= 0.6 is 24.0 Å². The number of nitrogens with zero attached hydrogens (tertiary/aromatic N) is 4. The second-order valence-electron chi connectivity index (χ2n) is 6.69. The van der Waals surface area contributed by atoms with E-state index in [0.717, 1.165) is 44.1 Å². The van der Waals surface area contributed by atoms with Gasteiger partial charge in [0.15, 0.2) is 0 Å². The lowest BCUT2D eigenvalue weighted by Gasteiger charge is -2.32. The Hall–Kier alpha value is -1.83. The molecule has 4 rings (SSSR count). The number of methoxy groups -OCH3 is 1. The Morgan fingerprint density at radius 2 is 2.04 bits per heavy atom. The van der Waals surface area contributed by atoms with E-state index in [1.54, 1.807) is 25.3 Å². The molecule has 146 valence electrons. The van der Waals surface area contributed by atoms with Gasteiger partial charge in [-0.3, -0.25) is 4.79 Å². The summed E-state index contributed by atoms with van der Waals surface area (Å²) in [4.78, 5) is 14.8. The topological polar surface area (TPSA) is 72.3 Å². The van der Waals surface area contributed by atoms with Gasteiger partial charge in [0.05, 0.1) is 18.7 Å². The Morgan fingerprint density at radius 3 is 2.78 bits per heavy atom. The smallest absolute Gasteiger partial charge is 0.259 e. The molecule has 2 aromatic rings. The fraction of sp³-hybridized carbons (Fsp3) is 0.500. The molecule has 9 heteroatoms. The molecule has 2 aliphatic rings. The van der Waals surface area contributed by atoms with E-state index in [1.807, 2.05) is 4.90 Å². The van der Waals surface area contributed by atoms with Crippen molar-refractivity contribution >= 4 is 29.9 Å². The third kappa shape index (κ3) is 3.77. The van der Waals surface area contributed by atoms with Crippen molar-refractivity contribution in [3.8, 4) is 5.75 Å². The number of carbonyl (C=O) groups is 1. The molecule has 1 fully saturated rings. The number of hydrogen-bond donors (Lipinski definition) is 1. The highest BCUT2D eigenvalue weighted by molar-refractivity contribution is 6.34. The van der Waals surface area contributed by atoms with Crippen molar-refractivity contribution in [1.29, 1.82) is 0 Å². The molecule has 0 atom stereocenters. The number of halogens is 2. The fourth-order valence-corrected chi connectivity index (χ4v) is 4.04. The van der Waals surface area contributed by atoms with Crippen LogP contribution in [0.25, 0.3) is 0 Å². The summed E-state index contributed by atoms with van der Waals surface area (Å²) < 4.78 is 7.55. The third-order valence-electron chi connectivity index (χ3n) is 5.21. The molecule has 2 aliphatic heterocycles. The van der Waals surface area contributed by atoms with Crippen LogP contribution in [0, 0.1) is 0 Å². The van der Waals surface area contributed by atoms with Gasteiger partial charge < -0.3 is 19.5 Å². The summed E-state index contributed by atoms with van der Waals surface area (Å²) >= 11 is 6.26. The second-order valence-corrected chi connectivity index (χ2v) is 7.09. The summed E-state index contributed by atoms with van der Waals surface area (Å²) in [5, 5.41) is 12.5. The molecular weight excluding hydrogens is 389 g/mol. The average molecular weight is 412 g/mol. The van der Waals surface area contributed by atoms with E-state index >= 15 is 0 Å². The lowest BCUT2D eigenvalue weighted by atomic mass is 9.95. The SMILES string of the molecule is COc1cccc(Cl)c1C(=O)N1CCC(c2nnc3n2CCNC3)CC1.Cl. The van der Waals surface area contributed by atoms with E-state index in [9.17, 15) is 4.79 Å². The first-order valence-corrected chi connectivity index (χ1v) is 9.31. The molecule has 7 nitrogen and oxygen atoms in total. The number of carbonyl (C=O) groups excluding carboxylic acids is 1. The van der Waals surface area contributed by atoms with Gasteiger partial charge in [0.25, 0.3) is 5.91 Å². The number of ether oxygens (including phenoxy) is 1. The number of amides is 1. The second kappa shape index (κ2) is 8.46. The summed E-state index contributed by atoms with van der Waals surface area (Å²) in [7, 11) is 1.55. The highest BCUT2D eigenvalue weighted by Gasteiger charge is 2.30. The van der Waals surface area contributed by atoms with Crippen molar-refractivity contribution in [2.24, 2.45) is 0 Å². The minimum Gasteiger partial charge on any atom is -0.496 e. The van der Waals surface area contributed by atoms with E-state index in [-0.39, 0.29) is 18.3 Å². The van der Waals surface area contributed by atoms with Gasteiger partial charge in [-0.05, 0) is 25.0 Å². The van der Waals surface area contributed by atoms with Crippen LogP contribution in [0.15, 0.2) is 18.2 Å². The van der Waals surface area contributed by atoms with Crippen molar-refractivity contribution in [3.63, 3.8) is 0 Å². The molecular formula is C18H23Cl2N5O2. The zero-order valence-electron chi connectivity index (χ0n) is 15.2. The van der Waals surface area contributed by atoms with E-state index in [2.05, 4.69) is 20.1 Å². The van der Waals surface area contributed by atoms with Crippen molar-refractivity contribution in [2.75, 3.05) is 26.7 Å². The number of benzene rings is 1. The zero-order chi connectivity index (χ0) is 18.1. The van der Waals surface area contributed by atoms with Crippen molar-refractivity contribution in [1.82, 2.24) is 25.0 Å². The first kappa shape index (κ1) is 19.9. The Kier molecular flexibility index (Phi) is 6.24. The van der Waals surface area contributed by atoms with Crippen LogP contribution in [0.4, 0.5) is 0 Å². The summed E-state index contributed by atoms with van der Waals surface area (Å²) in [6.07, 6.45) is 1.76. The number of aromatic nitrogens is 3. The Morgan fingerprint density at radius 1 is 1.26 bits per heavy atom. The number of fused-ring (bicyclic) bond motifs is 1. The molecule has 0 bridgehead atoms. The maximum absolute atomic E-state index is 12.9. The molecule has 0 radical (unpaired) electrons. The number of rotatable bonds is 3. The van der Waals surface area contributed by atoms with Gasteiger partial charge in [-0.1, -0.05) is 17.7 Å². The van der Waals surface area contributed by atoms with Gasteiger partial charge in [-0.2, -0.15) is 0 Å². The molecule has 1 amide bonds. The predicted molar refractivity (Wildman–Crippen MR) is 105 cm³/mol. The summed E-state index contributed by atoms with van der Waals surface area (Å²) in [6, 6.07) is 5.27. The van der Waals surface area contributed by atoms with Gasteiger partial charge in [-0.15, -0.1) is 22.6 Å². The summed E-state index contributed by atoms with van der Waals surface area (Å²) in [5.41, 5.74) is 0.445. The van der Waals surface area contributed by atoms with Crippen molar-refractivity contribution in [2.45, 2.75) is 31.8 Å². The van der Waals surface area contributed by atoms with Crippen molar-refractivity contribution < 1.29 is 9.53 Å². The highest BCUT2D eigenvalue weighted by Crippen LogP contribution is 2.32. The maximum Gasteiger partial charge on any atom is 0.259 e. The molecule has 1 aromatic heterocycles. The van der Waals surface area contributed by atoms with Crippen LogP contribution in [0.2, 0.25) is 5.02 Å². The predicted octanol–water partition coefficient (Wildman–Crippen LogP) is 2.48. The van der Waals surface area contributed by atoms with Gasteiger partial charge in [0.2, 0.25) is 0 Å². The van der Waals surface area contributed by atoms with E-state index < -0.39 is 0 Å². The Labute approximate surface area is 169 Å². The van der Waals surface area contributed by atoms with E-state index in [0.29, 0.717) is 35.3 Å². The molecule has 3 heterocycles. The Bertz CT molecular complexity index is 818. The van der Waals surface area contributed by atoms with Gasteiger partial charge in [0, 0.05) is 32.1 Å². The van der Waals surface area contributed by atoms with E-state index in [4.69, 9.17) is 16.3 Å². The first-order chi connectivity index (χ1) is 12.7. The van der Waals surface area contributed by atoms with E-state index in [1.165, 1.54) is 0 Å². The van der Waals surface area contributed by atoms with Crippen LogP contribution < -0.4 is 10.1 Å². The molecule has 1 saturated heterocycles. The van der Waals surface area contributed by atoms with Crippen molar-refractivity contribution in [3.05, 3.63) is 40.4 Å². The minimum absolute atomic E-state index is 0. The number of hydrogen-bond acceptors (Lipinski definition) is 5. The van der Waals surface area contributed by atoms with Crippen LogP contribution in [-0.4, -0.2) is 52.3 Å². The minimum atomic E-state index is -0.0710. The first-order valence-electron chi connectivity index (χ1n) is 8.93. The molecule has 0 spiro atoms. The van der Waals surface area contributed by atoms with Gasteiger partial charge in [0.1, 0.15) is 23.0 Å². The lowest BCUT2D eigenvalue weighted by Crippen LogP contribution is -2.39. The summed E-state index contributed by atoms with van der Waals surface area (Å²) in [6.45, 7) is 3.99. The molecule has 0 unspecified atom stereocenters. The number of likely N-dealkylation sites (tertiary alicyclic amines) is 1. The molecule has 0 aliphatic carbocycles. The third-order valence-corrected chi connectivity index (χ3v) is 5.52. The Balaban J connectivity index is 0.00000210. The zero-order valence-corrected chi connectivity index (χ0v) is 16.7. The molecule has 27 heavy (non-hydrogen) atoms. The monoisotopic (exact) mass is 411 g/mol. The van der Waals surface area contributed by atoms with Gasteiger partial charge in [-0.25, -0.2) is 0 Å². The van der Waals surface area contributed by atoms with Crippen LogP contribution in [0.1, 0.15) is 40.8 Å². The molecule has 0 saturated carbocycles. The normalized spacial score (nSPS) is 17.2. The number of nitrogens with one attached hydrogen (secondary N) is 1. The maximum atomic E-state index is 12.9. The average Bonchev–Trinajstić information content (AvgIpc) is 3.11. The summed E-state index contributed by atoms with van der Waals surface area (Å²) in [5.74, 6) is 2.85. The van der Waals surface area contributed by atoms with Crippen LogP contribution in [0.3, 0.4) is 0 Å². The van der Waals surface area contributed by atoms with Crippen LogP contribution in [0.5, 0.6) is 5.75 Å². The fourth-order valence-electron chi connectivity index (χ4n) is 3.80. The largest absolute Gasteiger partial charge is 0.496 e. The van der Waals surface area contributed by atoms with Gasteiger partial charge >= 0.3 is 0 Å². The molecule has 1 N–H and O–H groups in total. The number of piperidine rings is 1. The highest BCUT2D eigenvalue weighted by atomic mass is 35.5. The standard InChI is InChI=1S/C18H22ClN5O2.ClH/c1-26-14-4-2-3-13(19)16(14)18(25)23-8-5-12(6-9-23)17-22-21-15-11-20-7-10-24(15)17;/h2-4,12,20H,5-11H2,1H3;1H.